The Morgan fingerprint density at radius 3 is 1.96 bits per heavy atom. The molecule has 7 aromatic carbocycles. The molecule has 3 aromatic heterocycles. The number of aromatic nitrogens is 4. The van der Waals surface area contributed by atoms with Crippen LogP contribution in [0.4, 0.5) is 0 Å². The molecule has 4 nitrogen and oxygen atoms in total. The zero-order valence-corrected chi connectivity index (χ0v) is 24.8. The Balaban J connectivity index is 1.33. The van der Waals surface area contributed by atoms with E-state index < -0.39 is 0 Å². The number of rotatable bonds is 3. The smallest absolute Gasteiger partial charge is 0.235 e. The molecule has 4 heteroatoms. The molecule has 0 saturated heterocycles. The van der Waals surface area contributed by atoms with Gasteiger partial charge in [0, 0.05) is 44.2 Å². The lowest BCUT2D eigenvalue weighted by atomic mass is 10.0. The maximum Gasteiger partial charge on any atom is 0.235 e. The van der Waals surface area contributed by atoms with Gasteiger partial charge in [-0.05, 0) is 59.0 Å². The predicted octanol–water partition coefficient (Wildman–Crippen LogP) is 10.6. The highest BCUT2D eigenvalue weighted by atomic mass is 15.2. The van der Waals surface area contributed by atoms with Crippen LogP contribution in [-0.2, 0) is 0 Å². The van der Waals surface area contributed by atoms with Crippen molar-refractivity contribution < 1.29 is 0 Å². The molecule has 0 fully saturated rings. The minimum absolute atomic E-state index is 0.669. The van der Waals surface area contributed by atoms with Crippen LogP contribution < -0.4 is 0 Å². The Bertz CT molecular complexity index is 2790. The zero-order valence-electron chi connectivity index (χ0n) is 24.8. The molecule has 0 radical (unpaired) electrons. The second-order valence-corrected chi connectivity index (χ2v) is 11.9. The molecule has 214 valence electrons. The lowest BCUT2D eigenvalue weighted by Gasteiger charge is -2.11. The second-order valence-electron chi connectivity index (χ2n) is 11.9. The zero-order chi connectivity index (χ0) is 30.2. The maximum atomic E-state index is 5.20. The summed E-state index contributed by atoms with van der Waals surface area (Å²) in [6.45, 7) is 0. The molecule has 0 atom stereocenters. The van der Waals surface area contributed by atoms with Crippen molar-refractivity contribution in [1.82, 2.24) is 19.1 Å². The SMILES string of the molecule is c1ccc(-c2ccc3nc(-n4c5ccccc5c5ccc6ccc7c(c8ccccc8n7-c7ccccc7)c6c54)ncc3c2)cc1. The molecule has 46 heavy (non-hydrogen) atoms. The Labute approximate surface area is 264 Å². The van der Waals surface area contributed by atoms with Gasteiger partial charge in [0.1, 0.15) is 0 Å². The molecule has 0 spiro atoms. The van der Waals surface area contributed by atoms with Gasteiger partial charge in [0.05, 0.1) is 27.6 Å². The number of fused-ring (bicyclic) bond motifs is 10. The third kappa shape index (κ3) is 3.55. The van der Waals surface area contributed by atoms with E-state index >= 15 is 0 Å². The van der Waals surface area contributed by atoms with Crippen LogP contribution in [0, 0.1) is 0 Å². The van der Waals surface area contributed by atoms with Crippen LogP contribution in [0.2, 0.25) is 0 Å². The highest BCUT2D eigenvalue weighted by molar-refractivity contribution is 6.30. The molecule has 0 aliphatic rings. The average molecular weight is 587 g/mol. The molecule has 3 heterocycles. The number of benzene rings is 7. The summed E-state index contributed by atoms with van der Waals surface area (Å²) in [5.41, 5.74) is 8.99. The topological polar surface area (TPSA) is 35.6 Å². The quantitative estimate of drug-likeness (QED) is 0.206. The fourth-order valence-electron chi connectivity index (χ4n) is 7.33. The standard InChI is InChI=1S/C42H26N4/c1-3-11-27(12-4-1)29-20-23-35-30(25-29)26-43-42(44-35)46-36-17-9-7-15-32(36)33-22-19-28-21-24-38-40(39(28)41(33)46)34-16-8-10-18-37(34)45(38)31-13-5-2-6-14-31/h1-26H. The fourth-order valence-corrected chi connectivity index (χ4v) is 7.33. The monoisotopic (exact) mass is 586 g/mol. The number of nitrogens with zero attached hydrogens (tertiary/aromatic N) is 4. The van der Waals surface area contributed by atoms with Crippen LogP contribution in [0.25, 0.3) is 88.0 Å². The van der Waals surface area contributed by atoms with Crippen molar-refractivity contribution in [2.24, 2.45) is 0 Å². The molecule has 0 amide bonds. The summed E-state index contributed by atoms with van der Waals surface area (Å²) < 4.78 is 4.65. The molecule has 0 bridgehead atoms. The van der Waals surface area contributed by atoms with Crippen LogP contribution in [0.15, 0.2) is 158 Å². The van der Waals surface area contributed by atoms with Gasteiger partial charge in [0.25, 0.3) is 0 Å². The summed E-state index contributed by atoms with van der Waals surface area (Å²) in [6.07, 6.45) is 1.96. The van der Waals surface area contributed by atoms with Gasteiger partial charge in [0.15, 0.2) is 0 Å². The van der Waals surface area contributed by atoms with Crippen LogP contribution in [0.5, 0.6) is 0 Å². The predicted molar refractivity (Wildman–Crippen MR) is 191 cm³/mol. The van der Waals surface area contributed by atoms with Gasteiger partial charge in [-0.3, -0.25) is 4.57 Å². The average Bonchev–Trinajstić information content (AvgIpc) is 3.65. The Kier molecular flexibility index (Phi) is 5.25. The number of hydrogen-bond acceptors (Lipinski definition) is 2. The summed E-state index contributed by atoms with van der Waals surface area (Å²) >= 11 is 0. The summed E-state index contributed by atoms with van der Waals surface area (Å²) in [4.78, 5) is 10.2. The van der Waals surface area contributed by atoms with Gasteiger partial charge >= 0.3 is 0 Å². The minimum atomic E-state index is 0.669. The first kappa shape index (κ1) is 25.1. The van der Waals surface area contributed by atoms with Crippen molar-refractivity contribution in [3.05, 3.63) is 158 Å². The largest absolute Gasteiger partial charge is 0.309 e. The summed E-state index contributed by atoms with van der Waals surface area (Å²) in [6, 6.07) is 53.9. The number of hydrogen-bond donors (Lipinski definition) is 0. The Morgan fingerprint density at radius 1 is 0.435 bits per heavy atom. The van der Waals surface area contributed by atoms with Crippen molar-refractivity contribution >= 4 is 65.3 Å². The fraction of sp³-hybridized carbons (Fsp3) is 0. The molecule has 0 saturated carbocycles. The van der Waals surface area contributed by atoms with Crippen LogP contribution >= 0.6 is 0 Å². The summed E-state index contributed by atoms with van der Waals surface area (Å²) in [5.74, 6) is 0.669. The van der Waals surface area contributed by atoms with E-state index in [0.717, 1.165) is 33.2 Å². The lowest BCUT2D eigenvalue weighted by molar-refractivity contribution is 1.01. The molecule has 10 rings (SSSR count). The molecule has 0 aliphatic carbocycles. The van der Waals surface area contributed by atoms with E-state index in [1.54, 1.807) is 0 Å². The van der Waals surface area contributed by atoms with Crippen molar-refractivity contribution in [3.63, 3.8) is 0 Å². The van der Waals surface area contributed by atoms with E-state index in [0.29, 0.717) is 5.95 Å². The maximum absolute atomic E-state index is 5.20. The van der Waals surface area contributed by atoms with Crippen molar-refractivity contribution in [1.29, 1.82) is 0 Å². The van der Waals surface area contributed by atoms with Gasteiger partial charge in [0.2, 0.25) is 5.95 Å². The van der Waals surface area contributed by atoms with Crippen molar-refractivity contribution in [3.8, 4) is 22.8 Å². The van der Waals surface area contributed by atoms with Gasteiger partial charge in [-0.1, -0.05) is 109 Å². The van der Waals surface area contributed by atoms with Crippen molar-refractivity contribution in [2.75, 3.05) is 0 Å². The summed E-state index contributed by atoms with van der Waals surface area (Å²) in [7, 11) is 0. The Hall–Kier alpha value is -6.26. The Morgan fingerprint density at radius 2 is 1.13 bits per heavy atom. The van der Waals surface area contributed by atoms with E-state index in [1.807, 2.05) is 12.3 Å². The second kappa shape index (κ2) is 9.62. The van der Waals surface area contributed by atoms with Crippen LogP contribution in [0.3, 0.4) is 0 Å². The van der Waals surface area contributed by atoms with E-state index in [2.05, 4.69) is 155 Å². The molecule has 0 unspecified atom stereocenters. The first-order valence-corrected chi connectivity index (χ1v) is 15.6. The van der Waals surface area contributed by atoms with Gasteiger partial charge < -0.3 is 4.57 Å². The molecular weight excluding hydrogens is 560 g/mol. The van der Waals surface area contributed by atoms with E-state index in [4.69, 9.17) is 9.97 Å². The first-order valence-electron chi connectivity index (χ1n) is 15.6. The number of para-hydroxylation sites is 3. The highest BCUT2D eigenvalue weighted by Gasteiger charge is 2.21. The molecule has 10 aromatic rings. The van der Waals surface area contributed by atoms with Crippen molar-refractivity contribution in [2.45, 2.75) is 0 Å². The van der Waals surface area contributed by atoms with Gasteiger partial charge in [-0.25, -0.2) is 9.97 Å². The third-order valence-electron chi connectivity index (χ3n) is 9.34. The van der Waals surface area contributed by atoms with E-state index in [-0.39, 0.29) is 0 Å². The highest BCUT2D eigenvalue weighted by Crippen LogP contribution is 2.43. The molecule has 0 aliphatic heterocycles. The molecule has 0 N–H and O–H groups in total. The lowest BCUT2D eigenvalue weighted by Crippen LogP contribution is -2.01. The van der Waals surface area contributed by atoms with Crippen LogP contribution in [-0.4, -0.2) is 19.1 Å². The first-order chi connectivity index (χ1) is 22.8. The minimum Gasteiger partial charge on any atom is -0.309 e. The normalized spacial score (nSPS) is 11.9. The van der Waals surface area contributed by atoms with Gasteiger partial charge in [-0.2, -0.15) is 0 Å². The van der Waals surface area contributed by atoms with Crippen LogP contribution in [0.1, 0.15) is 0 Å². The summed E-state index contributed by atoms with van der Waals surface area (Å²) in [5, 5.41) is 8.25. The van der Waals surface area contributed by atoms with Gasteiger partial charge in [-0.15, -0.1) is 0 Å². The third-order valence-corrected chi connectivity index (χ3v) is 9.34. The van der Waals surface area contributed by atoms with E-state index in [1.165, 1.54) is 48.9 Å². The van der Waals surface area contributed by atoms with E-state index in [9.17, 15) is 0 Å². The molecular formula is C42H26N4.